The van der Waals surface area contributed by atoms with E-state index in [-0.39, 0.29) is 0 Å². The molecule has 0 nitrogen and oxygen atoms in total. The zero-order chi connectivity index (χ0) is 13.4. The second-order valence-electron chi connectivity index (χ2n) is 5.87. The normalized spacial score (nSPS) is 13.1. The highest BCUT2D eigenvalue weighted by Gasteiger charge is 2.48. The van der Waals surface area contributed by atoms with Crippen molar-refractivity contribution in [2.45, 2.75) is 97.1 Å². The minimum atomic E-state index is -0.936. The molecule has 0 N–H and O–H groups in total. The fraction of sp³-hybridized carbons (Fsp3) is 1.00. The van der Waals surface area contributed by atoms with Crippen molar-refractivity contribution < 1.29 is 0 Å². The smallest absolute Gasteiger partial charge is 0.0478 e. The second kappa shape index (κ2) is 8.52. The average Bonchev–Trinajstić information content (AvgIpc) is 2.33. The first-order chi connectivity index (χ1) is 8.11. The molecular formula is C15H36Si2. The van der Waals surface area contributed by atoms with Crippen LogP contribution >= 0.6 is 0 Å². The molecule has 0 aromatic heterocycles. The Balaban J connectivity index is 5.31. The van der Waals surface area contributed by atoms with Gasteiger partial charge in [0, 0.05) is 15.2 Å². The predicted octanol–water partition coefficient (Wildman–Crippen LogP) is 6.25. The van der Waals surface area contributed by atoms with E-state index in [0.717, 1.165) is 0 Å². The first-order valence-corrected chi connectivity index (χ1v) is 14.4. The minimum absolute atomic E-state index is 0.921. The van der Waals surface area contributed by atoms with Crippen LogP contribution in [0.15, 0.2) is 0 Å². The van der Waals surface area contributed by atoms with Crippen molar-refractivity contribution in [3.05, 3.63) is 0 Å². The Morgan fingerprint density at radius 2 is 0.765 bits per heavy atom. The molecule has 0 unspecified atom stereocenters. The molecule has 0 spiro atoms. The third kappa shape index (κ3) is 3.70. The van der Waals surface area contributed by atoms with Gasteiger partial charge < -0.3 is 0 Å². The van der Waals surface area contributed by atoms with Crippen LogP contribution in [0, 0.1) is 0 Å². The van der Waals surface area contributed by atoms with Gasteiger partial charge in [-0.3, -0.25) is 0 Å². The maximum Gasteiger partial charge on any atom is 0.0478 e. The van der Waals surface area contributed by atoms with Crippen molar-refractivity contribution in [1.29, 1.82) is 0 Å². The third-order valence-electron chi connectivity index (χ3n) is 5.34. The van der Waals surface area contributed by atoms with Crippen LogP contribution in [-0.2, 0) is 0 Å². The summed E-state index contributed by atoms with van der Waals surface area (Å²) in [4.78, 5) is 0. The van der Waals surface area contributed by atoms with Crippen molar-refractivity contribution in [3.63, 3.8) is 0 Å². The van der Waals surface area contributed by atoms with E-state index in [0.29, 0.717) is 0 Å². The Morgan fingerprint density at radius 1 is 0.471 bits per heavy atom. The summed E-state index contributed by atoms with van der Waals surface area (Å²) in [6.07, 6.45) is 4.34. The predicted molar refractivity (Wildman–Crippen MR) is 88.2 cm³/mol. The van der Waals surface area contributed by atoms with E-state index in [4.69, 9.17) is 0 Å². The number of rotatable bonds is 10. The lowest BCUT2D eigenvalue weighted by Gasteiger charge is -2.48. The summed E-state index contributed by atoms with van der Waals surface area (Å²) in [7, 11) is -1.86. The highest BCUT2D eigenvalue weighted by Crippen LogP contribution is 2.41. The van der Waals surface area contributed by atoms with Gasteiger partial charge in [0.2, 0.25) is 0 Å². The van der Waals surface area contributed by atoms with Crippen LogP contribution in [0.2, 0.25) is 36.3 Å². The lowest BCUT2D eigenvalue weighted by atomic mass is 10.6. The summed E-state index contributed by atoms with van der Waals surface area (Å²) in [5.41, 5.74) is 0. The zero-order valence-corrected chi connectivity index (χ0v) is 15.4. The van der Waals surface area contributed by atoms with Gasteiger partial charge in [0.05, 0.1) is 0 Å². The molecule has 0 heterocycles. The molecule has 0 radical (unpaired) electrons. The maximum atomic E-state index is 2.52. The molecule has 104 valence electrons. The summed E-state index contributed by atoms with van der Waals surface area (Å²) >= 11 is 0. The molecule has 0 aliphatic carbocycles. The van der Waals surface area contributed by atoms with Crippen LogP contribution in [0.5, 0.6) is 0 Å². The molecule has 17 heavy (non-hydrogen) atoms. The Bertz CT molecular complexity index is 160. The first kappa shape index (κ1) is 17.4. The zero-order valence-electron chi connectivity index (χ0n) is 13.4. The van der Waals surface area contributed by atoms with Gasteiger partial charge in [-0.1, -0.05) is 97.1 Å². The molecule has 0 bridgehead atoms. The van der Waals surface area contributed by atoms with E-state index in [1.807, 2.05) is 0 Å². The topological polar surface area (TPSA) is 0 Å². The molecule has 0 aromatic rings. The Labute approximate surface area is 112 Å². The summed E-state index contributed by atoms with van der Waals surface area (Å²) in [6.45, 7) is 14.8. The Hall–Kier alpha value is 0.434. The van der Waals surface area contributed by atoms with Gasteiger partial charge in [-0.25, -0.2) is 0 Å². The van der Waals surface area contributed by atoms with Crippen molar-refractivity contribution in [2.24, 2.45) is 0 Å². The molecule has 0 aliphatic rings. The van der Waals surface area contributed by atoms with Gasteiger partial charge in [0.15, 0.2) is 0 Å². The van der Waals surface area contributed by atoms with Gasteiger partial charge in [-0.15, -0.1) is 0 Å². The van der Waals surface area contributed by atoms with Crippen LogP contribution in [0.1, 0.15) is 60.8 Å². The molecule has 0 saturated heterocycles. The fourth-order valence-electron chi connectivity index (χ4n) is 4.48. The number of hydrogen-bond acceptors (Lipinski definition) is 0. The highest BCUT2D eigenvalue weighted by molar-refractivity contribution is 7.42. The van der Waals surface area contributed by atoms with Crippen molar-refractivity contribution >= 4 is 15.2 Å². The summed E-state index contributed by atoms with van der Waals surface area (Å²) in [5.74, 6) is 0. The van der Waals surface area contributed by atoms with Crippen molar-refractivity contribution in [3.8, 4) is 0 Å². The summed E-state index contributed by atoms with van der Waals surface area (Å²) < 4.78 is 0. The van der Waals surface area contributed by atoms with Gasteiger partial charge in [0.1, 0.15) is 0 Å². The highest BCUT2D eigenvalue weighted by atomic mass is 29.3. The van der Waals surface area contributed by atoms with Crippen LogP contribution in [-0.4, -0.2) is 15.2 Å². The van der Waals surface area contributed by atoms with Crippen molar-refractivity contribution in [2.75, 3.05) is 0 Å². The minimum Gasteiger partial charge on any atom is -0.0680 e. The van der Waals surface area contributed by atoms with Gasteiger partial charge in [0.25, 0.3) is 0 Å². The summed E-state index contributed by atoms with van der Waals surface area (Å²) in [6, 6.07) is 9.59. The van der Waals surface area contributed by atoms with Gasteiger partial charge in [-0.2, -0.15) is 0 Å². The molecule has 0 aliphatic heterocycles. The van der Waals surface area contributed by atoms with Gasteiger partial charge >= 0.3 is 0 Å². The molecule has 0 aromatic carbocycles. The molecule has 0 fully saturated rings. The van der Waals surface area contributed by atoms with E-state index in [1.54, 1.807) is 36.3 Å². The van der Waals surface area contributed by atoms with Crippen LogP contribution in [0.3, 0.4) is 0 Å². The standard InChI is InChI=1S/C15H36Si2/c1-7-13-17(14-8-2,15-9-3)16(10-4,11-5)12-6/h7-15H2,1-6H3. The first-order valence-electron chi connectivity index (χ1n) is 8.11. The number of hydrogen-bond donors (Lipinski definition) is 0. The lowest BCUT2D eigenvalue weighted by molar-refractivity contribution is 0.934. The molecular weight excluding hydrogens is 236 g/mol. The lowest BCUT2D eigenvalue weighted by Crippen LogP contribution is -2.61. The third-order valence-corrected chi connectivity index (χ3v) is 28.2. The van der Waals surface area contributed by atoms with E-state index in [1.165, 1.54) is 19.3 Å². The largest absolute Gasteiger partial charge is 0.0680 e. The quantitative estimate of drug-likeness (QED) is 0.412. The monoisotopic (exact) mass is 272 g/mol. The molecule has 0 rings (SSSR count). The van der Waals surface area contributed by atoms with Crippen LogP contribution in [0.25, 0.3) is 0 Å². The Morgan fingerprint density at radius 3 is 0.941 bits per heavy atom. The van der Waals surface area contributed by atoms with Crippen LogP contribution in [0.4, 0.5) is 0 Å². The summed E-state index contributed by atoms with van der Waals surface area (Å²) in [5, 5.41) is 0. The van der Waals surface area contributed by atoms with E-state index >= 15 is 0 Å². The molecule has 0 amide bonds. The second-order valence-corrected chi connectivity index (χ2v) is 21.0. The average molecular weight is 273 g/mol. The Kier molecular flexibility index (Phi) is 8.74. The van der Waals surface area contributed by atoms with Crippen LogP contribution < -0.4 is 0 Å². The maximum absolute atomic E-state index is 2.52. The SMILES string of the molecule is CCC[Si](CCC)(CCC)[Si](CC)(CC)CC. The van der Waals surface area contributed by atoms with Gasteiger partial charge in [-0.05, 0) is 0 Å². The van der Waals surface area contributed by atoms with E-state index < -0.39 is 15.2 Å². The molecule has 0 atom stereocenters. The molecule has 2 heteroatoms. The fourth-order valence-corrected chi connectivity index (χ4v) is 27.2. The van der Waals surface area contributed by atoms with Crippen molar-refractivity contribution in [1.82, 2.24) is 0 Å². The van der Waals surface area contributed by atoms with E-state index in [2.05, 4.69) is 41.5 Å². The van der Waals surface area contributed by atoms with E-state index in [9.17, 15) is 0 Å². The molecule has 0 saturated carbocycles.